The molecule has 1 atom stereocenters. The van der Waals surface area contributed by atoms with Crippen molar-refractivity contribution in [1.29, 1.82) is 0 Å². The molecule has 0 spiro atoms. The highest BCUT2D eigenvalue weighted by molar-refractivity contribution is 5.95. The van der Waals surface area contributed by atoms with Gasteiger partial charge in [-0.2, -0.15) is 18.3 Å². The summed E-state index contributed by atoms with van der Waals surface area (Å²) in [7, 11) is 4.13. The van der Waals surface area contributed by atoms with Gasteiger partial charge in [0.25, 0.3) is 0 Å². The third-order valence-electron chi connectivity index (χ3n) is 6.22. The van der Waals surface area contributed by atoms with Crippen molar-refractivity contribution >= 4 is 28.0 Å². The van der Waals surface area contributed by atoms with E-state index in [-0.39, 0.29) is 16.9 Å². The molecule has 5 N–H and O–H groups in total. The molecule has 1 fully saturated rings. The zero-order valence-corrected chi connectivity index (χ0v) is 18.9. The summed E-state index contributed by atoms with van der Waals surface area (Å²) in [6.07, 6.45) is -5.70. The number of likely N-dealkylation sites (N-methyl/N-ethyl adjacent to an activating group) is 1. The van der Waals surface area contributed by atoms with Crippen LogP contribution in [0.5, 0.6) is 0 Å². The normalized spacial score (nSPS) is 16.7. The number of nitrogens with one attached hydrogen (secondary N) is 1. The predicted molar refractivity (Wildman–Crippen MR) is 123 cm³/mol. The number of fused-ring (bicyclic) bond motifs is 1. The van der Waals surface area contributed by atoms with Crippen LogP contribution in [-0.2, 0) is 6.18 Å². The van der Waals surface area contributed by atoms with Gasteiger partial charge in [0.15, 0.2) is 5.82 Å². The predicted octanol–water partition coefficient (Wildman–Crippen LogP) is 3.14. The number of hydrogen-bond acceptors (Lipinski definition) is 8. The van der Waals surface area contributed by atoms with Crippen molar-refractivity contribution < 1.29 is 13.2 Å². The van der Waals surface area contributed by atoms with Crippen LogP contribution in [-0.4, -0.2) is 52.8 Å². The van der Waals surface area contributed by atoms with Gasteiger partial charge in [0, 0.05) is 35.2 Å². The second-order valence-corrected chi connectivity index (χ2v) is 8.94. The molecule has 1 saturated heterocycles. The molecular formula is C22H27F3N8. The molecule has 3 aromatic rings. The first-order chi connectivity index (χ1) is 15.4. The number of aryl methyl sites for hydroxylation is 1. The number of anilines is 3. The van der Waals surface area contributed by atoms with Crippen molar-refractivity contribution in [3.8, 4) is 0 Å². The number of rotatable bonds is 5. The minimum absolute atomic E-state index is 0.0431. The first-order valence-corrected chi connectivity index (χ1v) is 10.4. The molecule has 33 heavy (non-hydrogen) atoms. The Morgan fingerprint density at radius 3 is 2.45 bits per heavy atom. The fraction of sp³-hybridized carbons (Fsp3) is 0.409. The lowest BCUT2D eigenvalue weighted by Gasteiger charge is -2.53. The van der Waals surface area contributed by atoms with Crippen LogP contribution in [0.1, 0.15) is 30.2 Å². The maximum Gasteiger partial charge on any atom is 0.433 e. The van der Waals surface area contributed by atoms with Gasteiger partial charge in [-0.25, -0.2) is 4.98 Å². The van der Waals surface area contributed by atoms with Crippen molar-refractivity contribution in [2.75, 3.05) is 43.1 Å². The molecule has 0 aliphatic carbocycles. The Balaban J connectivity index is 1.66. The van der Waals surface area contributed by atoms with Gasteiger partial charge in [0.05, 0.1) is 16.9 Å². The van der Waals surface area contributed by atoms with Crippen LogP contribution in [0.2, 0.25) is 0 Å². The topological polar surface area (TPSA) is 109 Å². The van der Waals surface area contributed by atoms with Crippen molar-refractivity contribution in [2.45, 2.75) is 31.7 Å². The van der Waals surface area contributed by atoms with Crippen LogP contribution in [0.3, 0.4) is 0 Å². The minimum Gasteiger partial charge on any atom is -0.399 e. The van der Waals surface area contributed by atoms with Crippen molar-refractivity contribution in [3.05, 3.63) is 47.4 Å². The number of aromatic nitrogens is 3. The van der Waals surface area contributed by atoms with Crippen LogP contribution in [0, 0.1) is 6.92 Å². The summed E-state index contributed by atoms with van der Waals surface area (Å²) in [6.45, 7) is 5.80. The van der Waals surface area contributed by atoms with E-state index in [0.29, 0.717) is 5.82 Å². The summed E-state index contributed by atoms with van der Waals surface area (Å²) in [6, 6.07) is 8.08. The summed E-state index contributed by atoms with van der Waals surface area (Å²) in [5.74, 6) is 0.360. The number of nitrogens with two attached hydrogens (primary N) is 2. The molecule has 0 saturated carbocycles. The van der Waals surface area contributed by atoms with E-state index in [1.54, 1.807) is 0 Å². The number of nitrogens with zero attached hydrogens (tertiary/aromatic N) is 5. The second-order valence-electron chi connectivity index (χ2n) is 8.94. The summed E-state index contributed by atoms with van der Waals surface area (Å²) in [4.78, 5) is 8.11. The second kappa shape index (κ2) is 7.99. The first kappa shape index (κ1) is 23.0. The van der Waals surface area contributed by atoms with Crippen LogP contribution < -0.4 is 21.7 Å². The SMILES string of the molecule is Cc1nnc(N[C@H](N)c2cc(N)cc(C(F)(F)F)n2)c2cc(N3CC(C)(N(C)C)C3)ccc12. The van der Waals surface area contributed by atoms with Gasteiger partial charge in [0.2, 0.25) is 0 Å². The maximum atomic E-state index is 13.1. The molecule has 3 heterocycles. The third-order valence-corrected chi connectivity index (χ3v) is 6.22. The van der Waals surface area contributed by atoms with Crippen LogP contribution in [0.4, 0.5) is 30.4 Å². The van der Waals surface area contributed by atoms with Gasteiger partial charge in [0.1, 0.15) is 11.9 Å². The molecule has 1 aliphatic rings. The Morgan fingerprint density at radius 2 is 1.82 bits per heavy atom. The Labute approximate surface area is 189 Å². The zero-order chi connectivity index (χ0) is 24.1. The van der Waals surface area contributed by atoms with E-state index >= 15 is 0 Å². The summed E-state index contributed by atoms with van der Waals surface area (Å²) < 4.78 is 39.4. The molecular weight excluding hydrogens is 433 g/mol. The molecule has 176 valence electrons. The average Bonchev–Trinajstić information content (AvgIpc) is 2.72. The van der Waals surface area contributed by atoms with Gasteiger partial charge < -0.3 is 26.6 Å². The highest BCUT2D eigenvalue weighted by Gasteiger charge is 2.40. The van der Waals surface area contributed by atoms with Crippen molar-refractivity contribution in [1.82, 2.24) is 20.1 Å². The zero-order valence-electron chi connectivity index (χ0n) is 18.9. The van der Waals surface area contributed by atoms with Gasteiger partial charge in [-0.05, 0) is 52.2 Å². The largest absolute Gasteiger partial charge is 0.433 e. The summed E-state index contributed by atoms with van der Waals surface area (Å²) in [5, 5.41) is 13.0. The monoisotopic (exact) mass is 460 g/mol. The molecule has 0 amide bonds. The van der Waals surface area contributed by atoms with E-state index in [4.69, 9.17) is 11.5 Å². The average molecular weight is 461 g/mol. The van der Waals surface area contributed by atoms with Crippen LogP contribution in [0.15, 0.2) is 30.3 Å². The van der Waals surface area contributed by atoms with Crippen molar-refractivity contribution in [3.63, 3.8) is 0 Å². The number of alkyl halides is 3. The molecule has 0 bridgehead atoms. The minimum atomic E-state index is -4.63. The standard InChI is InChI=1S/C22H27F3N8/c1-12-15-6-5-14(33-10-21(2,11-33)32(3)4)9-16(15)20(31-30-12)29-19(27)17-7-13(26)8-18(28-17)22(23,24)25/h5-9,19H,10-11,27H2,1-4H3,(H2,26,28)(H,29,31)/t19-/m0/s1. The molecule has 1 aliphatic heterocycles. The van der Waals surface area contributed by atoms with Crippen LogP contribution >= 0.6 is 0 Å². The molecule has 0 radical (unpaired) electrons. The number of hydrogen-bond donors (Lipinski definition) is 3. The molecule has 2 aromatic heterocycles. The molecule has 8 nitrogen and oxygen atoms in total. The molecule has 11 heteroatoms. The van der Waals surface area contributed by atoms with Gasteiger partial charge >= 0.3 is 6.18 Å². The Hall–Kier alpha value is -3.18. The van der Waals surface area contributed by atoms with E-state index in [9.17, 15) is 13.2 Å². The van der Waals surface area contributed by atoms with Crippen LogP contribution in [0.25, 0.3) is 10.8 Å². The number of halogens is 3. The lowest BCUT2D eigenvalue weighted by Crippen LogP contribution is -2.67. The van der Waals surface area contributed by atoms with Gasteiger partial charge in [-0.3, -0.25) is 0 Å². The van der Waals surface area contributed by atoms with E-state index in [1.165, 1.54) is 6.07 Å². The number of nitrogen functional groups attached to an aromatic ring is 1. The summed E-state index contributed by atoms with van der Waals surface area (Å²) in [5.41, 5.74) is 12.5. The van der Waals surface area contributed by atoms with Gasteiger partial charge in [-0.1, -0.05) is 6.07 Å². The third kappa shape index (κ3) is 4.38. The number of benzene rings is 1. The quantitative estimate of drug-likeness (QED) is 0.499. The molecule has 1 aromatic carbocycles. The highest BCUT2D eigenvalue weighted by Crippen LogP contribution is 2.35. The van der Waals surface area contributed by atoms with E-state index in [2.05, 4.69) is 51.3 Å². The highest BCUT2D eigenvalue weighted by atomic mass is 19.4. The number of pyridine rings is 1. The van der Waals surface area contributed by atoms with E-state index in [1.807, 2.05) is 25.1 Å². The lowest BCUT2D eigenvalue weighted by atomic mass is 9.90. The molecule has 0 unspecified atom stereocenters. The maximum absolute atomic E-state index is 13.1. The first-order valence-electron chi connectivity index (χ1n) is 10.4. The molecule has 4 rings (SSSR count). The van der Waals surface area contributed by atoms with E-state index in [0.717, 1.165) is 41.3 Å². The fourth-order valence-corrected chi connectivity index (χ4v) is 3.92. The Kier molecular flexibility index (Phi) is 5.57. The van der Waals surface area contributed by atoms with Gasteiger partial charge in [-0.15, -0.1) is 5.10 Å². The lowest BCUT2D eigenvalue weighted by molar-refractivity contribution is -0.141. The fourth-order valence-electron chi connectivity index (χ4n) is 3.92. The smallest absolute Gasteiger partial charge is 0.399 e. The Bertz CT molecular complexity index is 1190. The Morgan fingerprint density at radius 1 is 1.12 bits per heavy atom. The van der Waals surface area contributed by atoms with Crippen molar-refractivity contribution in [2.24, 2.45) is 5.73 Å². The summed E-state index contributed by atoms with van der Waals surface area (Å²) >= 11 is 0. The van der Waals surface area contributed by atoms with E-state index < -0.39 is 18.0 Å².